The lowest BCUT2D eigenvalue weighted by Crippen LogP contribution is -1.93. The monoisotopic (exact) mass is 333 g/mol. The molecule has 0 aliphatic heterocycles. The molecule has 124 valence electrons. The fraction of sp³-hybridized carbons (Fsp3) is 0.0400. The number of benzene rings is 4. The van der Waals surface area contributed by atoms with Gasteiger partial charge in [0.05, 0.1) is 11.0 Å². The smallest absolute Gasteiger partial charge is 0.0541 e. The van der Waals surface area contributed by atoms with Gasteiger partial charge in [0.25, 0.3) is 0 Å². The van der Waals surface area contributed by atoms with E-state index in [1.807, 2.05) is 0 Å². The Hall–Kier alpha value is -3.32. The van der Waals surface area contributed by atoms with Gasteiger partial charge in [-0.15, -0.1) is 0 Å². The van der Waals surface area contributed by atoms with Gasteiger partial charge < -0.3 is 4.57 Å². The van der Waals surface area contributed by atoms with Gasteiger partial charge in [0.15, 0.2) is 0 Å². The number of nitrogens with zero attached hydrogens (tertiary/aromatic N) is 1. The van der Waals surface area contributed by atoms with E-state index >= 15 is 0 Å². The maximum absolute atomic E-state index is 2.36. The molecule has 1 nitrogen and oxygen atoms in total. The van der Waals surface area contributed by atoms with E-state index in [1.165, 1.54) is 44.2 Å². The molecule has 1 heterocycles. The predicted octanol–water partition coefficient (Wildman–Crippen LogP) is 6.76. The summed E-state index contributed by atoms with van der Waals surface area (Å²) >= 11 is 0. The molecule has 0 unspecified atom stereocenters. The lowest BCUT2D eigenvalue weighted by Gasteiger charge is -2.08. The quantitative estimate of drug-likeness (QED) is 0.336. The highest BCUT2D eigenvalue weighted by atomic mass is 15.0. The molecule has 0 atom stereocenters. The van der Waals surface area contributed by atoms with Crippen LogP contribution in [0.5, 0.6) is 0 Å². The van der Waals surface area contributed by atoms with Gasteiger partial charge in [-0.2, -0.15) is 0 Å². The highest BCUT2D eigenvalue weighted by molar-refractivity contribution is 6.10. The van der Waals surface area contributed by atoms with Crippen molar-refractivity contribution in [2.75, 3.05) is 0 Å². The summed E-state index contributed by atoms with van der Waals surface area (Å²) in [5, 5.41) is 2.59. The Morgan fingerprint density at radius 1 is 0.538 bits per heavy atom. The molecule has 0 aliphatic rings. The number of para-hydroxylation sites is 1. The summed E-state index contributed by atoms with van der Waals surface area (Å²) in [6, 6.07) is 34.8. The lowest BCUT2D eigenvalue weighted by atomic mass is 10.0. The zero-order valence-electron chi connectivity index (χ0n) is 14.7. The summed E-state index contributed by atoms with van der Waals surface area (Å²) in [6.45, 7) is 2.13. The molecule has 0 fully saturated rings. The van der Waals surface area contributed by atoms with E-state index < -0.39 is 0 Å². The van der Waals surface area contributed by atoms with Crippen LogP contribution in [-0.2, 0) is 0 Å². The summed E-state index contributed by atoms with van der Waals surface area (Å²) in [7, 11) is 0. The molecule has 0 spiro atoms. The SMILES string of the molecule is Cc1ccc(-n2c3ccccc3c3cc(-c4ccccc4)ccc32)cc1. The highest BCUT2D eigenvalue weighted by Crippen LogP contribution is 2.34. The molecule has 5 rings (SSSR count). The van der Waals surface area contributed by atoms with E-state index in [1.54, 1.807) is 0 Å². The minimum Gasteiger partial charge on any atom is -0.309 e. The van der Waals surface area contributed by atoms with E-state index in [0.717, 1.165) is 0 Å². The molecule has 0 amide bonds. The zero-order valence-corrected chi connectivity index (χ0v) is 14.7. The van der Waals surface area contributed by atoms with Crippen molar-refractivity contribution in [1.82, 2.24) is 4.57 Å². The second kappa shape index (κ2) is 5.89. The first-order valence-corrected chi connectivity index (χ1v) is 8.97. The average Bonchev–Trinajstić information content (AvgIpc) is 3.03. The lowest BCUT2D eigenvalue weighted by molar-refractivity contribution is 1.17. The van der Waals surface area contributed by atoms with Gasteiger partial charge >= 0.3 is 0 Å². The third kappa shape index (κ3) is 2.33. The first-order valence-electron chi connectivity index (χ1n) is 8.97. The standard InChI is InChI=1S/C25H19N/c1-18-11-14-21(15-12-18)26-24-10-6-5-9-22(24)23-17-20(13-16-25(23)26)19-7-3-2-4-8-19/h2-17H,1H3. The van der Waals surface area contributed by atoms with Crippen LogP contribution in [0.3, 0.4) is 0 Å². The number of fused-ring (bicyclic) bond motifs is 3. The van der Waals surface area contributed by atoms with Gasteiger partial charge in [0.1, 0.15) is 0 Å². The molecule has 0 aliphatic carbocycles. The second-order valence-corrected chi connectivity index (χ2v) is 6.79. The summed E-state index contributed by atoms with van der Waals surface area (Å²) in [5.74, 6) is 0. The Labute approximate surface area is 153 Å². The Balaban J connectivity index is 1.83. The van der Waals surface area contributed by atoms with Crippen LogP contribution in [0.15, 0.2) is 97.1 Å². The van der Waals surface area contributed by atoms with Gasteiger partial charge in [-0.25, -0.2) is 0 Å². The van der Waals surface area contributed by atoms with Crippen molar-refractivity contribution in [3.8, 4) is 16.8 Å². The van der Waals surface area contributed by atoms with E-state index in [2.05, 4.69) is 109 Å². The predicted molar refractivity (Wildman–Crippen MR) is 111 cm³/mol. The summed E-state index contributed by atoms with van der Waals surface area (Å²) < 4.78 is 2.36. The molecule has 0 radical (unpaired) electrons. The van der Waals surface area contributed by atoms with Crippen LogP contribution < -0.4 is 0 Å². The maximum atomic E-state index is 2.36. The Kier molecular flexibility index (Phi) is 3.39. The van der Waals surface area contributed by atoms with Crippen molar-refractivity contribution in [3.63, 3.8) is 0 Å². The van der Waals surface area contributed by atoms with E-state index in [-0.39, 0.29) is 0 Å². The van der Waals surface area contributed by atoms with Crippen LogP contribution in [0.2, 0.25) is 0 Å². The normalized spacial score (nSPS) is 11.3. The second-order valence-electron chi connectivity index (χ2n) is 6.79. The van der Waals surface area contributed by atoms with Crippen LogP contribution in [0.1, 0.15) is 5.56 Å². The van der Waals surface area contributed by atoms with E-state index in [0.29, 0.717) is 0 Å². The van der Waals surface area contributed by atoms with Gasteiger partial charge in [-0.1, -0.05) is 72.3 Å². The number of hydrogen-bond acceptors (Lipinski definition) is 0. The third-order valence-electron chi connectivity index (χ3n) is 5.07. The number of aryl methyl sites for hydroxylation is 1. The van der Waals surface area contributed by atoms with Crippen molar-refractivity contribution >= 4 is 21.8 Å². The van der Waals surface area contributed by atoms with E-state index in [9.17, 15) is 0 Å². The summed E-state index contributed by atoms with van der Waals surface area (Å²) in [4.78, 5) is 0. The molecule has 1 aromatic heterocycles. The molecule has 0 saturated heterocycles. The molecule has 0 saturated carbocycles. The number of hydrogen-bond donors (Lipinski definition) is 0. The fourth-order valence-corrected chi connectivity index (χ4v) is 3.76. The van der Waals surface area contributed by atoms with Crippen LogP contribution >= 0.6 is 0 Å². The van der Waals surface area contributed by atoms with Crippen molar-refractivity contribution in [2.45, 2.75) is 6.92 Å². The van der Waals surface area contributed by atoms with Crippen molar-refractivity contribution in [2.24, 2.45) is 0 Å². The van der Waals surface area contributed by atoms with Crippen LogP contribution in [0, 0.1) is 6.92 Å². The van der Waals surface area contributed by atoms with Gasteiger partial charge in [0, 0.05) is 16.5 Å². The fourth-order valence-electron chi connectivity index (χ4n) is 3.76. The third-order valence-corrected chi connectivity index (χ3v) is 5.07. The topological polar surface area (TPSA) is 4.93 Å². The van der Waals surface area contributed by atoms with Gasteiger partial charge in [-0.05, 0) is 48.4 Å². The highest BCUT2D eigenvalue weighted by Gasteiger charge is 2.12. The van der Waals surface area contributed by atoms with Crippen LogP contribution in [-0.4, -0.2) is 4.57 Å². The molecule has 0 N–H and O–H groups in total. The maximum Gasteiger partial charge on any atom is 0.0541 e. The summed E-state index contributed by atoms with van der Waals surface area (Å²) in [5.41, 5.74) is 7.48. The van der Waals surface area contributed by atoms with Crippen molar-refractivity contribution in [1.29, 1.82) is 0 Å². The Morgan fingerprint density at radius 2 is 1.23 bits per heavy atom. The number of aromatic nitrogens is 1. The minimum absolute atomic E-state index is 1.20. The molecule has 0 bridgehead atoms. The Morgan fingerprint density at radius 3 is 2.04 bits per heavy atom. The largest absolute Gasteiger partial charge is 0.309 e. The first kappa shape index (κ1) is 15.0. The minimum atomic E-state index is 1.20. The average molecular weight is 333 g/mol. The first-order chi connectivity index (χ1) is 12.8. The molecular weight excluding hydrogens is 314 g/mol. The molecule has 5 aromatic rings. The molecule has 26 heavy (non-hydrogen) atoms. The summed E-state index contributed by atoms with van der Waals surface area (Å²) in [6.07, 6.45) is 0. The van der Waals surface area contributed by atoms with Crippen molar-refractivity contribution < 1.29 is 0 Å². The van der Waals surface area contributed by atoms with Crippen LogP contribution in [0.25, 0.3) is 38.6 Å². The van der Waals surface area contributed by atoms with Crippen LogP contribution in [0.4, 0.5) is 0 Å². The molecule has 4 aromatic carbocycles. The zero-order chi connectivity index (χ0) is 17.5. The Bertz CT molecular complexity index is 1210. The molecule has 1 heteroatoms. The van der Waals surface area contributed by atoms with Gasteiger partial charge in [0.2, 0.25) is 0 Å². The molecular formula is C25H19N. The van der Waals surface area contributed by atoms with Crippen molar-refractivity contribution in [3.05, 3.63) is 103 Å². The van der Waals surface area contributed by atoms with Gasteiger partial charge in [-0.3, -0.25) is 0 Å². The van der Waals surface area contributed by atoms with E-state index in [4.69, 9.17) is 0 Å². The number of rotatable bonds is 2.